The van der Waals surface area contributed by atoms with Gasteiger partial charge in [-0.3, -0.25) is 0 Å². The third-order valence-electron chi connectivity index (χ3n) is 3.34. The SMILES string of the molecule is CC(C)CCCCNC(C)c1nc2ccccc2s1. The Bertz CT molecular complexity index is 471. The fourth-order valence-corrected chi connectivity index (χ4v) is 3.15. The number of rotatable bonds is 7. The minimum absolute atomic E-state index is 0.358. The highest BCUT2D eigenvalue weighted by Crippen LogP contribution is 2.25. The zero-order valence-corrected chi connectivity index (χ0v) is 13.0. The lowest BCUT2D eigenvalue weighted by atomic mass is 10.1. The number of benzene rings is 1. The lowest BCUT2D eigenvalue weighted by molar-refractivity contribution is 0.497. The second kappa shape index (κ2) is 7.01. The normalized spacial score (nSPS) is 13.3. The number of aromatic nitrogens is 1. The molecule has 2 aromatic rings. The number of nitrogens with one attached hydrogen (secondary N) is 1. The van der Waals surface area contributed by atoms with Crippen LogP contribution in [-0.2, 0) is 0 Å². The van der Waals surface area contributed by atoms with Gasteiger partial charge in [-0.25, -0.2) is 4.98 Å². The second-order valence-corrected chi connectivity index (χ2v) is 6.65. The number of thiazole rings is 1. The van der Waals surface area contributed by atoms with E-state index in [0.29, 0.717) is 6.04 Å². The molecule has 19 heavy (non-hydrogen) atoms. The summed E-state index contributed by atoms with van der Waals surface area (Å²) < 4.78 is 1.28. The molecule has 0 saturated heterocycles. The van der Waals surface area contributed by atoms with Crippen LogP contribution in [0.4, 0.5) is 0 Å². The van der Waals surface area contributed by atoms with Crippen molar-refractivity contribution in [2.75, 3.05) is 6.54 Å². The van der Waals surface area contributed by atoms with Crippen LogP contribution in [0.5, 0.6) is 0 Å². The number of hydrogen-bond acceptors (Lipinski definition) is 3. The zero-order chi connectivity index (χ0) is 13.7. The molecule has 104 valence electrons. The van der Waals surface area contributed by atoms with Crippen molar-refractivity contribution in [2.45, 2.75) is 46.1 Å². The Morgan fingerprint density at radius 2 is 1.95 bits per heavy atom. The van der Waals surface area contributed by atoms with Crippen LogP contribution in [-0.4, -0.2) is 11.5 Å². The molecule has 0 spiro atoms. The van der Waals surface area contributed by atoms with Gasteiger partial charge in [0.2, 0.25) is 0 Å². The maximum atomic E-state index is 4.70. The molecular weight excluding hydrogens is 252 g/mol. The summed E-state index contributed by atoms with van der Waals surface area (Å²) in [5, 5.41) is 4.78. The molecule has 2 rings (SSSR count). The van der Waals surface area contributed by atoms with Crippen molar-refractivity contribution in [1.29, 1.82) is 0 Å². The van der Waals surface area contributed by atoms with Crippen molar-refractivity contribution >= 4 is 21.6 Å². The van der Waals surface area contributed by atoms with E-state index in [1.807, 2.05) is 0 Å². The van der Waals surface area contributed by atoms with Gasteiger partial charge in [-0.1, -0.05) is 38.8 Å². The van der Waals surface area contributed by atoms with Crippen LogP contribution in [0.1, 0.15) is 51.1 Å². The summed E-state index contributed by atoms with van der Waals surface area (Å²) in [6.07, 6.45) is 3.90. The predicted octanol–water partition coefficient (Wildman–Crippen LogP) is 4.77. The van der Waals surface area contributed by atoms with Crippen LogP contribution in [0.2, 0.25) is 0 Å². The minimum atomic E-state index is 0.358. The number of hydrogen-bond donors (Lipinski definition) is 1. The van der Waals surface area contributed by atoms with E-state index in [0.717, 1.165) is 18.0 Å². The maximum absolute atomic E-state index is 4.70. The molecule has 1 atom stereocenters. The third kappa shape index (κ3) is 4.29. The van der Waals surface area contributed by atoms with E-state index < -0.39 is 0 Å². The molecule has 2 nitrogen and oxygen atoms in total. The summed E-state index contributed by atoms with van der Waals surface area (Å²) in [6, 6.07) is 8.72. The lowest BCUT2D eigenvalue weighted by Crippen LogP contribution is -2.19. The molecule has 1 aromatic heterocycles. The Balaban J connectivity index is 1.81. The quantitative estimate of drug-likeness (QED) is 0.737. The van der Waals surface area contributed by atoms with Gasteiger partial charge in [-0.15, -0.1) is 11.3 Å². The van der Waals surface area contributed by atoms with E-state index in [9.17, 15) is 0 Å². The van der Waals surface area contributed by atoms with Crippen LogP contribution in [0.15, 0.2) is 24.3 Å². The van der Waals surface area contributed by atoms with Crippen molar-refractivity contribution in [3.05, 3.63) is 29.3 Å². The van der Waals surface area contributed by atoms with E-state index in [4.69, 9.17) is 4.98 Å². The van der Waals surface area contributed by atoms with Gasteiger partial charge in [0.1, 0.15) is 5.01 Å². The zero-order valence-electron chi connectivity index (χ0n) is 12.1. The Hall–Kier alpha value is -0.930. The summed E-state index contributed by atoms with van der Waals surface area (Å²) in [6.45, 7) is 7.87. The first-order valence-electron chi connectivity index (χ1n) is 7.25. The van der Waals surface area contributed by atoms with Gasteiger partial charge < -0.3 is 5.32 Å². The van der Waals surface area contributed by atoms with Crippen molar-refractivity contribution in [3.63, 3.8) is 0 Å². The Labute approximate surface area is 120 Å². The van der Waals surface area contributed by atoms with E-state index in [2.05, 4.69) is 50.4 Å². The first-order valence-corrected chi connectivity index (χ1v) is 8.07. The largest absolute Gasteiger partial charge is 0.308 e. The van der Waals surface area contributed by atoms with Gasteiger partial charge in [-0.2, -0.15) is 0 Å². The summed E-state index contributed by atoms with van der Waals surface area (Å²) >= 11 is 1.80. The molecular formula is C16H24N2S. The molecule has 0 radical (unpaired) electrons. The number of fused-ring (bicyclic) bond motifs is 1. The molecule has 0 fully saturated rings. The first kappa shape index (κ1) is 14.5. The average molecular weight is 276 g/mol. The highest BCUT2D eigenvalue weighted by Gasteiger charge is 2.10. The monoisotopic (exact) mass is 276 g/mol. The Morgan fingerprint density at radius 1 is 1.16 bits per heavy atom. The molecule has 0 aliphatic heterocycles. The van der Waals surface area contributed by atoms with E-state index >= 15 is 0 Å². The smallest absolute Gasteiger partial charge is 0.111 e. The summed E-state index contributed by atoms with van der Waals surface area (Å²) in [7, 11) is 0. The standard InChI is InChI=1S/C16H24N2S/c1-12(2)8-6-7-11-17-13(3)16-18-14-9-4-5-10-15(14)19-16/h4-5,9-10,12-13,17H,6-8,11H2,1-3H3. The van der Waals surface area contributed by atoms with Crippen molar-refractivity contribution < 1.29 is 0 Å². The molecule has 0 aliphatic rings. The molecule has 1 unspecified atom stereocenters. The van der Waals surface area contributed by atoms with Crippen molar-refractivity contribution in [2.24, 2.45) is 5.92 Å². The predicted molar refractivity (Wildman–Crippen MR) is 84.7 cm³/mol. The van der Waals surface area contributed by atoms with Gasteiger partial charge >= 0.3 is 0 Å². The fourth-order valence-electron chi connectivity index (χ4n) is 2.16. The first-order chi connectivity index (χ1) is 9.16. The topological polar surface area (TPSA) is 24.9 Å². The van der Waals surface area contributed by atoms with Crippen molar-refractivity contribution in [3.8, 4) is 0 Å². The minimum Gasteiger partial charge on any atom is -0.308 e. The second-order valence-electron chi connectivity index (χ2n) is 5.59. The van der Waals surface area contributed by atoms with E-state index in [-0.39, 0.29) is 0 Å². The third-order valence-corrected chi connectivity index (χ3v) is 4.56. The fraction of sp³-hybridized carbons (Fsp3) is 0.562. The van der Waals surface area contributed by atoms with E-state index in [1.165, 1.54) is 29.0 Å². The molecule has 1 heterocycles. The van der Waals surface area contributed by atoms with Gasteiger partial charge in [0.15, 0.2) is 0 Å². The maximum Gasteiger partial charge on any atom is 0.111 e. The summed E-state index contributed by atoms with van der Waals surface area (Å²) in [4.78, 5) is 4.70. The molecule has 0 amide bonds. The van der Waals surface area contributed by atoms with Crippen LogP contribution in [0, 0.1) is 5.92 Å². The average Bonchev–Trinajstić information content (AvgIpc) is 2.81. The summed E-state index contributed by atoms with van der Waals surface area (Å²) in [5.41, 5.74) is 1.12. The van der Waals surface area contributed by atoms with Crippen molar-refractivity contribution in [1.82, 2.24) is 10.3 Å². The Kier molecular flexibility index (Phi) is 5.34. The van der Waals surface area contributed by atoms with Gasteiger partial charge in [0.05, 0.1) is 16.3 Å². The highest BCUT2D eigenvalue weighted by atomic mass is 32.1. The van der Waals surface area contributed by atoms with Crippen LogP contribution in [0.3, 0.4) is 0 Å². The number of unbranched alkanes of at least 4 members (excludes halogenated alkanes) is 1. The molecule has 1 N–H and O–H groups in total. The lowest BCUT2D eigenvalue weighted by Gasteiger charge is -2.11. The number of para-hydroxylation sites is 1. The van der Waals surface area contributed by atoms with Gasteiger partial charge in [0, 0.05) is 0 Å². The Morgan fingerprint density at radius 3 is 2.68 bits per heavy atom. The van der Waals surface area contributed by atoms with Crippen LogP contribution < -0.4 is 5.32 Å². The van der Waals surface area contributed by atoms with Crippen LogP contribution >= 0.6 is 11.3 Å². The highest BCUT2D eigenvalue weighted by molar-refractivity contribution is 7.18. The molecule has 1 aromatic carbocycles. The van der Waals surface area contributed by atoms with Gasteiger partial charge in [0.25, 0.3) is 0 Å². The van der Waals surface area contributed by atoms with Crippen LogP contribution in [0.25, 0.3) is 10.2 Å². The summed E-state index contributed by atoms with van der Waals surface area (Å²) in [5.74, 6) is 0.821. The number of nitrogens with zero attached hydrogens (tertiary/aromatic N) is 1. The van der Waals surface area contributed by atoms with E-state index in [1.54, 1.807) is 11.3 Å². The molecule has 0 aliphatic carbocycles. The molecule has 0 saturated carbocycles. The molecule has 3 heteroatoms. The molecule has 0 bridgehead atoms. The van der Waals surface area contributed by atoms with Gasteiger partial charge in [-0.05, 0) is 37.9 Å².